The van der Waals surface area contributed by atoms with E-state index >= 15 is 0 Å². The van der Waals surface area contributed by atoms with Crippen molar-refractivity contribution in [1.29, 1.82) is 0 Å². The highest BCUT2D eigenvalue weighted by Gasteiger charge is 2.23. The average molecular weight is 261 g/mol. The van der Waals surface area contributed by atoms with Gasteiger partial charge in [-0.2, -0.15) is 0 Å². The van der Waals surface area contributed by atoms with Crippen LogP contribution in [0.2, 0.25) is 0 Å². The highest BCUT2D eigenvalue weighted by molar-refractivity contribution is 5.25. The Morgan fingerprint density at radius 1 is 1.53 bits per heavy atom. The van der Waals surface area contributed by atoms with Crippen molar-refractivity contribution in [1.82, 2.24) is 15.2 Å². The highest BCUT2D eigenvalue weighted by atomic mass is 16.5. The number of aromatic nitrogens is 1. The summed E-state index contributed by atoms with van der Waals surface area (Å²) in [4.78, 5) is 6.90. The summed E-state index contributed by atoms with van der Waals surface area (Å²) in [5.41, 5.74) is 2.66. The van der Waals surface area contributed by atoms with Crippen LogP contribution in [0.1, 0.15) is 30.1 Å². The molecular weight excluding hydrogens is 238 g/mol. The summed E-state index contributed by atoms with van der Waals surface area (Å²) < 4.78 is 5.80. The lowest BCUT2D eigenvalue weighted by atomic mass is 9.92. The maximum absolute atomic E-state index is 5.80. The molecule has 2 atom stereocenters. The van der Waals surface area contributed by atoms with Crippen LogP contribution in [0.4, 0.5) is 0 Å². The summed E-state index contributed by atoms with van der Waals surface area (Å²) in [6.07, 6.45) is 5.83. The largest absolute Gasteiger partial charge is 0.374 e. The number of hydrogen-bond donors (Lipinski definition) is 1. The summed E-state index contributed by atoms with van der Waals surface area (Å²) in [6.45, 7) is 3.84. The Morgan fingerprint density at radius 2 is 2.47 bits per heavy atom. The van der Waals surface area contributed by atoms with E-state index in [9.17, 15) is 0 Å². The molecule has 1 fully saturated rings. The molecule has 0 bridgehead atoms. The molecule has 0 radical (unpaired) electrons. The number of morpholine rings is 1. The zero-order valence-corrected chi connectivity index (χ0v) is 11.6. The van der Waals surface area contributed by atoms with E-state index in [2.05, 4.69) is 28.3 Å². The van der Waals surface area contributed by atoms with E-state index in [-0.39, 0.29) is 0 Å². The molecule has 1 aliphatic heterocycles. The zero-order valence-electron chi connectivity index (χ0n) is 11.6. The lowest BCUT2D eigenvalue weighted by molar-refractivity contribution is -0.0195. The van der Waals surface area contributed by atoms with Gasteiger partial charge in [-0.15, -0.1) is 0 Å². The second-order valence-corrected chi connectivity index (χ2v) is 5.66. The fraction of sp³-hybridized carbons (Fsp3) is 0.667. The van der Waals surface area contributed by atoms with Crippen LogP contribution in [-0.2, 0) is 11.2 Å². The number of nitrogens with one attached hydrogen (secondary N) is 1. The first-order chi connectivity index (χ1) is 9.33. The third-order valence-electron chi connectivity index (χ3n) is 4.13. The molecule has 4 nitrogen and oxygen atoms in total. The predicted molar refractivity (Wildman–Crippen MR) is 75.2 cm³/mol. The SMILES string of the molecule is CN1CCOC(CNC2CCCc3cccnc32)C1. The van der Waals surface area contributed by atoms with Gasteiger partial charge in [0, 0.05) is 31.9 Å². The standard InChI is InChI=1S/C15H23N3O/c1-18-8-9-19-13(11-18)10-17-14-6-2-4-12-5-3-7-16-15(12)14/h3,5,7,13-14,17H,2,4,6,8-11H2,1H3. The maximum atomic E-state index is 5.80. The Bertz CT molecular complexity index is 424. The van der Waals surface area contributed by atoms with Gasteiger partial charge in [0.2, 0.25) is 0 Å². The molecule has 3 rings (SSSR count). The highest BCUT2D eigenvalue weighted by Crippen LogP contribution is 2.27. The predicted octanol–water partition coefficient (Wildman–Crippen LogP) is 1.38. The number of nitrogens with zero attached hydrogens (tertiary/aromatic N) is 2. The molecule has 19 heavy (non-hydrogen) atoms. The van der Waals surface area contributed by atoms with Crippen molar-refractivity contribution in [3.63, 3.8) is 0 Å². The molecule has 1 aliphatic carbocycles. The first-order valence-corrected chi connectivity index (χ1v) is 7.30. The van der Waals surface area contributed by atoms with Crippen LogP contribution < -0.4 is 5.32 Å². The van der Waals surface area contributed by atoms with Crippen LogP contribution in [-0.4, -0.2) is 49.3 Å². The number of rotatable bonds is 3. The Kier molecular flexibility index (Phi) is 4.11. The minimum Gasteiger partial charge on any atom is -0.374 e. The summed E-state index contributed by atoms with van der Waals surface area (Å²) in [5, 5.41) is 3.65. The monoisotopic (exact) mass is 261 g/mol. The second-order valence-electron chi connectivity index (χ2n) is 5.66. The minimum atomic E-state index is 0.313. The van der Waals surface area contributed by atoms with Gasteiger partial charge in [-0.25, -0.2) is 0 Å². The lowest BCUT2D eigenvalue weighted by Gasteiger charge is -2.32. The van der Waals surface area contributed by atoms with Crippen LogP contribution in [0.15, 0.2) is 18.3 Å². The van der Waals surface area contributed by atoms with Crippen molar-refractivity contribution >= 4 is 0 Å². The number of hydrogen-bond acceptors (Lipinski definition) is 4. The quantitative estimate of drug-likeness (QED) is 0.892. The van der Waals surface area contributed by atoms with E-state index in [1.807, 2.05) is 12.3 Å². The molecular formula is C15H23N3O. The van der Waals surface area contributed by atoms with Gasteiger partial charge in [0.1, 0.15) is 0 Å². The number of fused-ring (bicyclic) bond motifs is 1. The van der Waals surface area contributed by atoms with Gasteiger partial charge in [-0.1, -0.05) is 6.07 Å². The van der Waals surface area contributed by atoms with Crippen LogP contribution in [0.5, 0.6) is 0 Å². The zero-order chi connectivity index (χ0) is 13.1. The number of pyridine rings is 1. The molecule has 2 unspecified atom stereocenters. The molecule has 0 aromatic carbocycles. The van der Waals surface area contributed by atoms with Gasteiger partial charge in [-0.05, 0) is 37.9 Å². The molecule has 2 heterocycles. The molecule has 1 aromatic heterocycles. The van der Waals surface area contributed by atoms with Crippen molar-refractivity contribution in [2.75, 3.05) is 33.3 Å². The Labute approximate surface area is 115 Å². The van der Waals surface area contributed by atoms with Crippen LogP contribution in [0.3, 0.4) is 0 Å². The fourth-order valence-electron chi connectivity index (χ4n) is 3.07. The molecule has 1 aromatic rings. The van der Waals surface area contributed by atoms with E-state index in [4.69, 9.17) is 4.74 Å². The van der Waals surface area contributed by atoms with Gasteiger partial charge in [-0.3, -0.25) is 4.98 Å². The number of ether oxygens (including phenoxy) is 1. The van der Waals surface area contributed by atoms with Gasteiger partial charge >= 0.3 is 0 Å². The molecule has 1 N–H and O–H groups in total. The fourth-order valence-corrected chi connectivity index (χ4v) is 3.07. The molecule has 0 spiro atoms. The van der Waals surface area contributed by atoms with E-state index in [1.54, 1.807) is 0 Å². The van der Waals surface area contributed by atoms with Gasteiger partial charge in [0.05, 0.1) is 18.4 Å². The number of aryl methyl sites for hydroxylation is 1. The molecule has 104 valence electrons. The van der Waals surface area contributed by atoms with Crippen LogP contribution in [0.25, 0.3) is 0 Å². The van der Waals surface area contributed by atoms with Gasteiger partial charge in [0.25, 0.3) is 0 Å². The van der Waals surface area contributed by atoms with Crippen LogP contribution >= 0.6 is 0 Å². The maximum Gasteiger partial charge on any atom is 0.0826 e. The van der Waals surface area contributed by atoms with Crippen molar-refractivity contribution in [3.05, 3.63) is 29.6 Å². The average Bonchev–Trinajstić information content (AvgIpc) is 2.45. The van der Waals surface area contributed by atoms with E-state index in [0.29, 0.717) is 12.1 Å². The Hall–Kier alpha value is -0.970. The van der Waals surface area contributed by atoms with E-state index in [0.717, 1.165) is 26.2 Å². The smallest absolute Gasteiger partial charge is 0.0826 e. The summed E-state index contributed by atoms with van der Waals surface area (Å²) in [6, 6.07) is 4.65. The van der Waals surface area contributed by atoms with Gasteiger partial charge in [0.15, 0.2) is 0 Å². The van der Waals surface area contributed by atoms with Crippen molar-refractivity contribution in [2.45, 2.75) is 31.4 Å². The Morgan fingerprint density at radius 3 is 3.37 bits per heavy atom. The van der Waals surface area contributed by atoms with Crippen molar-refractivity contribution in [3.8, 4) is 0 Å². The number of likely N-dealkylation sites (N-methyl/N-ethyl adjacent to an activating group) is 1. The lowest BCUT2D eigenvalue weighted by Crippen LogP contribution is -2.45. The van der Waals surface area contributed by atoms with Crippen molar-refractivity contribution in [2.24, 2.45) is 0 Å². The molecule has 0 saturated carbocycles. The molecule has 4 heteroatoms. The summed E-state index contributed by atoms with van der Waals surface area (Å²) >= 11 is 0. The topological polar surface area (TPSA) is 37.4 Å². The summed E-state index contributed by atoms with van der Waals surface area (Å²) in [5.74, 6) is 0. The van der Waals surface area contributed by atoms with Crippen LogP contribution in [0, 0.1) is 0 Å². The third-order valence-corrected chi connectivity index (χ3v) is 4.13. The third kappa shape index (κ3) is 3.14. The van der Waals surface area contributed by atoms with E-state index in [1.165, 1.54) is 30.5 Å². The van der Waals surface area contributed by atoms with Gasteiger partial charge < -0.3 is 15.0 Å². The molecule has 1 saturated heterocycles. The first-order valence-electron chi connectivity index (χ1n) is 7.30. The normalized spacial score (nSPS) is 28.1. The Balaban J connectivity index is 1.59. The minimum absolute atomic E-state index is 0.313. The summed E-state index contributed by atoms with van der Waals surface area (Å²) in [7, 11) is 2.16. The van der Waals surface area contributed by atoms with Crippen molar-refractivity contribution < 1.29 is 4.74 Å². The molecule has 2 aliphatic rings. The van der Waals surface area contributed by atoms with E-state index < -0.39 is 0 Å². The molecule has 0 amide bonds. The second kappa shape index (κ2) is 5.99. The first kappa shape index (κ1) is 13.0.